The maximum absolute atomic E-state index is 14.0. The van der Waals surface area contributed by atoms with Crippen LogP contribution in [-0.2, 0) is 11.2 Å². The zero-order valence-electron chi connectivity index (χ0n) is 10.6. The summed E-state index contributed by atoms with van der Waals surface area (Å²) in [5.74, 6) is 1.20. The summed E-state index contributed by atoms with van der Waals surface area (Å²) in [5, 5.41) is 0. The monoisotopic (exact) mass is 239 g/mol. The Kier molecular flexibility index (Phi) is 2.58. The van der Waals surface area contributed by atoms with Crippen molar-refractivity contribution in [1.29, 1.82) is 0 Å². The van der Waals surface area contributed by atoms with Gasteiger partial charge in [-0.25, -0.2) is 4.39 Å². The molecule has 3 nitrogen and oxygen atoms in total. The van der Waals surface area contributed by atoms with Crippen molar-refractivity contribution in [2.75, 3.05) is 6.79 Å². The number of nitrogens with two attached hydrogens (primary N) is 1. The molecule has 1 aromatic rings. The average Bonchev–Trinajstić information content (AvgIpc) is 2.59. The predicted molar refractivity (Wildman–Crippen MR) is 63.9 cm³/mol. The Morgan fingerprint density at radius 1 is 1.18 bits per heavy atom. The second-order valence-electron chi connectivity index (χ2n) is 5.45. The molecule has 0 bridgehead atoms. The van der Waals surface area contributed by atoms with Crippen LogP contribution in [0.25, 0.3) is 0 Å². The van der Waals surface area contributed by atoms with Gasteiger partial charge in [-0.05, 0) is 45.4 Å². The van der Waals surface area contributed by atoms with E-state index >= 15 is 0 Å². The van der Waals surface area contributed by atoms with E-state index in [1.807, 2.05) is 13.8 Å². The van der Waals surface area contributed by atoms with Crippen molar-refractivity contribution in [1.82, 2.24) is 0 Å². The predicted octanol–water partition coefficient (Wildman–Crippen LogP) is 2.81. The van der Waals surface area contributed by atoms with Crippen molar-refractivity contribution in [2.45, 2.75) is 38.9 Å². The van der Waals surface area contributed by atoms with Gasteiger partial charge in [0.05, 0.1) is 0 Å². The number of hydrogen-bond donors (Lipinski definition) is 1. The van der Waals surface area contributed by atoms with Crippen LogP contribution in [0.2, 0.25) is 0 Å². The number of halogens is 1. The lowest BCUT2D eigenvalue weighted by Gasteiger charge is -2.24. The summed E-state index contributed by atoms with van der Waals surface area (Å²) in [4.78, 5) is 0. The first-order valence-electron chi connectivity index (χ1n) is 5.62. The summed E-state index contributed by atoms with van der Waals surface area (Å²) >= 11 is 0. The van der Waals surface area contributed by atoms with E-state index in [0.29, 0.717) is 17.1 Å². The Labute approximate surface area is 101 Å². The van der Waals surface area contributed by atoms with Crippen molar-refractivity contribution in [3.63, 3.8) is 0 Å². The lowest BCUT2D eigenvalue weighted by Crippen LogP contribution is -2.29. The standard InChI is InChI=1S/C13H18FNO2/c1-12(2,14)8-5-9(13(3,4)15)11-10(6-8)16-7-17-11/h5-6H,7,15H2,1-4H3. The van der Waals surface area contributed by atoms with E-state index in [4.69, 9.17) is 15.2 Å². The van der Waals surface area contributed by atoms with Crippen LogP contribution in [0.4, 0.5) is 4.39 Å². The topological polar surface area (TPSA) is 44.5 Å². The molecule has 0 spiro atoms. The first kappa shape index (κ1) is 12.2. The second kappa shape index (κ2) is 3.60. The van der Waals surface area contributed by atoms with Crippen LogP contribution < -0.4 is 15.2 Å². The zero-order valence-corrected chi connectivity index (χ0v) is 10.6. The lowest BCUT2D eigenvalue weighted by molar-refractivity contribution is 0.172. The maximum atomic E-state index is 14.0. The van der Waals surface area contributed by atoms with E-state index in [-0.39, 0.29) is 6.79 Å². The Hall–Kier alpha value is -1.29. The minimum absolute atomic E-state index is 0.161. The summed E-state index contributed by atoms with van der Waals surface area (Å²) in [5.41, 5.74) is 5.38. The van der Waals surface area contributed by atoms with Gasteiger partial charge in [-0.15, -0.1) is 0 Å². The van der Waals surface area contributed by atoms with E-state index in [0.717, 1.165) is 5.56 Å². The number of fused-ring (bicyclic) bond motifs is 1. The summed E-state index contributed by atoms with van der Waals surface area (Å²) in [6.45, 7) is 6.91. The van der Waals surface area contributed by atoms with Gasteiger partial charge in [-0.1, -0.05) is 0 Å². The Morgan fingerprint density at radius 2 is 1.82 bits per heavy atom. The van der Waals surface area contributed by atoms with Gasteiger partial charge >= 0.3 is 0 Å². The quantitative estimate of drug-likeness (QED) is 0.863. The first-order valence-corrected chi connectivity index (χ1v) is 5.62. The van der Waals surface area contributed by atoms with E-state index < -0.39 is 11.2 Å². The first-order chi connectivity index (χ1) is 7.69. The van der Waals surface area contributed by atoms with Crippen LogP contribution >= 0.6 is 0 Å². The third-order valence-corrected chi connectivity index (χ3v) is 2.85. The van der Waals surface area contributed by atoms with E-state index in [1.165, 1.54) is 13.8 Å². The van der Waals surface area contributed by atoms with E-state index in [9.17, 15) is 4.39 Å². The molecular formula is C13H18FNO2. The molecule has 1 aliphatic heterocycles. The summed E-state index contributed by atoms with van der Waals surface area (Å²) in [6.07, 6.45) is 0. The normalized spacial score (nSPS) is 15.2. The van der Waals surface area contributed by atoms with Crippen LogP contribution in [0, 0.1) is 0 Å². The highest BCUT2D eigenvalue weighted by Gasteiger charge is 2.30. The fraction of sp³-hybridized carbons (Fsp3) is 0.538. The van der Waals surface area contributed by atoms with Crippen molar-refractivity contribution in [2.24, 2.45) is 5.73 Å². The highest BCUT2D eigenvalue weighted by atomic mass is 19.1. The van der Waals surface area contributed by atoms with Crippen LogP contribution in [0.15, 0.2) is 12.1 Å². The molecular weight excluding hydrogens is 221 g/mol. The highest BCUT2D eigenvalue weighted by Crippen LogP contribution is 2.43. The maximum Gasteiger partial charge on any atom is 0.231 e. The molecule has 2 N–H and O–H groups in total. The number of rotatable bonds is 2. The van der Waals surface area contributed by atoms with Crippen molar-refractivity contribution in [3.05, 3.63) is 23.3 Å². The van der Waals surface area contributed by atoms with Crippen LogP contribution in [0.5, 0.6) is 11.5 Å². The van der Waals surface area contributed by atoms with Crippen molar-refractivity contribution < 1.29 is 13.9 Å². The van der Waals surface area contributed by atoms with Gasteiger partial charge in [0, 0.05) is 11.1 Å². The fourth-order valence-electron chi connectivity index (χ4n) is 1.83. The van der Waals surface area contributed by atoms with Gasteiger partial charge in [-0.3, -0.25) is 0 Å². The molecule has 0 saturated carbocycles. The number of ether oxygens (including phenoxy) is 2. The van der Waals surface area contributed by atoms with Crippen LogP contribution in [0.3, 0.4) is 0 Å². The molecule has 1 aliphatic rings. The molecule has 17 heavy (non-hydrogen) atoms. The van der Waals surface area contributed by atoms with Crippen molar-refractivity contribution >= 4 is 0 Å². The molecule has 0 aliphatic carbocycles. The third-order valence-electron chi connectivity index (χ3n) is 2.85. The summed E-state index contributed by atoms with van der Waals surface area (Å²) in [6, 6.07) is 3.44. The average molecular weight is 239 g/mol. The largest absolute Gasteiger partial charge is 0.454 e. The Morgan fingerprint density at radius 3 is 2.35 bits per heavy atom. The molecule has 2 rings (SSSR count). The number of hydrogen-bond acceptors (Lipinski definition) is 3. The van der Waals surface area contributed by atoms with E-state index in [1.54, 1.807) is 12.1 Å². The van der Waals surface area contributed by atoms with Crippen LogP contribution in [0.1, 0.15) is 38.8 Å². The molecule has 94 valence electrons. The molecule has 0 saturated heterocycles. The Bertz CT molecular complexity index is 444. The lowest BCUT2D eigenvalue weighted by atomic mass is 9.89. The van der Waals surface area contributed by atoms with Crippen molar-refractivity contribution in [3.8, 4) is 11.5 Å². The van der Waals surface area contributed by atoms with Gasteiger partial charge in [-0.2, -0.15) is 0 Å². The molecule has 0 atom stereocenters. The zero-order chi connectivity index (χ0) is 12.8. The van der Waals surface area contributed by atoms with Crippen LogP contribution in [-0.4, -0.2) is 6.79 Å². The number of benzene rings is 1. The van der Waals surface area contributed by atoms with Gasteiger partial charge < -0.3 is 15.2 Å². The Balaban J connectivity index is 2.62. The SMILES string of the molecule is CC(C)(N)c1cc(C(C)(C)F)cc2c1OCO2. The molecule has 1 aromatic carbocycles. The number of alkyl halides is 1. The van der Waals surface area contributed by atoms with Gasteiger partial charge in [0.1, 0.15) is 5.67 Å². The molecule has 0 aromatic heterocycles. The molecule has 1 heterocycles. The summed E-state index contributed by atoms with van der Waals surface area (Å²) < 4.78 is 24.7. The summed E-state index contributed by atoms with van der Waals surface area (Å²) in [7, 11) is 0. The third kappa shape index (κ3) is 2.22. The van der Waals surface area contributed by atoms with Gasteiger partial charge in [0.2, 0.25) is 6.79 Å². The fourth-order valence-corrected chi connectivity index (χ4v) is 1.83. The smallest absolute Gasteiger partial charge is 0.231 e. The van der Waals surface area contributed by atoms with E-state index in [2.05, 4.69) is 0 Å². The second-order valence-corrected chi connectivity index (χ2v) is 5.45. The molecule has 0 radical (unpaired) electrons. The highest BCUT2D eigenvalue weighted by molar-refractivity contribution is 5.54. The van der Waals surface area contributed by atoms with Gasteiger partial charge in [0.15, 0.2) is 11.5 Å². The minimum atomic E-state index is -1.43. The molecule has 4 heteroatoms. The minimum Gasteiger partial charge on any atom is -0.454 e. The molecule has 0 fully saturated rings. The molecule has 0 unspecified atom stereocenters. The van der Waals surface area contributed by atoms with Gasteiger partial charge in [0.25, 0.3) is 0 Å². The molecule has 0 amide bonds.